The van der Waals surface area contributed by atoms with Gasteiger partial charge in [0.2, 0.25) is 0 Å². The molecule has 1 heterocycles. The Hall–Kier alpha value is -2.33. The Balaban J connectivity index is 1.56. The van der Waals surface area contributed by atoms with Crippen LogP contribution < -0.4 is 10.1 Å². The molecule has 26 heavy (non-hydrogen) atoms. The molecule has 1 fully saturated rings. The lowest BCUT2D eigenvalue weighted by molar-refractivity contribution is 0.0931. The molecule has 2 aromatic carbocycles. The van der Waals surface area contributed by atoms with Crippen molar-refractivity contribution in [3.8, 4) is 5.75 Å². The minimum atomic E-state index is -0.0592. The van der Waals surface area contributed by atoms with Gasteiger partial charge >= 0.3 is 0 Å². The molecule has 3 rings (SSSR count). The van der Waals surface area contributed by atoms with E-state index in [-0.39, 0.29) is 11.3 Å². The summed E-state index contributed by atoms with van der Waals surface area (Å²) in [5.41, 5.74) is 1.98. The lowest BCUT2D eigenvalue weighted by atomic mass is 9.90. The van der Waals surface area contributed by atoms with Gasteiger partial charge in [-0.05, 0) is 43.1 Å². The van der Waals surface area contributed by atoms with Crippen molar-refractivity contribution in [3.63, 3.8) is 0 Å². The van der Waals surface area contributed by atoms with Crippen LogP contribution >= 0.6 is 0 Å². The Bertz CT molecular complexity index is 732. The Morgan fingerprint density at radius 3 is 2.62 bits per heavy atom. The normalized spacial score (nSPS) is 20.1. The Kier molecular flexibility index (Phi) is 5.94. The molecule has 0 bridgehead atoms. The van der Waals surface area contributed by atoms with Crippen LogP contribution in [-0.4, -0.2) is 44.1 Å². The van der Waals surface area contributed by atoms with Gasteiger partial charge in [0, 0.05) is 19.5 Å². The highest BCUT2D eigenvalue weighted by Crippen LogP contribution is 2.28. The van der Waals surface area contributed by atoms with E-state index in [0.29, 0.717) is 24.5 Å². The van der Waals surface area contributed by atoms with Gasteiger partial charge < -0.3 is 15.0 Å². The van der Waals surface area contributed by atoms with Crippen molar-refractivity contribution in [1.82, 2.24) is 10.2 Å². The van der Waals surface area contributed by atoms with Crippen molar-refractivity contribution in [2.24, 2.45) is 5.41 Å². The second kappa shape index (κ2) is 8.37. The fraction of sp³-hybridized carbons (Fsp3) is 0.409. The van der Waals surface area contributed by atoms with Gasteiger partial charge in [-0.2, -0.15) is 0 Å². The van der Waals surface area contributed by atoms with E-state index in [2.05, 4.69) is 36.3 Å². The highest BCUT2D eigenvalue weighted by atomic mass is 16.5. The lowest BCUT2D eigenvalue weighted by Gasteiger charge is -2.24. The van der Waals surface area contributed by atoms with E-state index in [9.17, 15) is 4.79 Å². The summed E-state index contributed by atoms with van der Waals surface area (Å²) >= 11 is 0. The highest BCUT2D eigenvalue weighted by Gasteiger charge is 2.32. The van der Waals surface area contributed by atoms with E-state index in [1.165, 1.54) is 5.56 Å². The number of likely N-dealkylation sites (tertiary alicyclic amines) is 1. The Morgan fingerprint density at radius 2 is 1.88 bits per heavy atom. The van der Waals surface area contributed by atoms with Crippen molar-refractivity contribution < 1.29 is 9.53 Å². The first-order valence-electron chi connectivity index (χ1n) is 9.28. The van der Waals surface area contributed by atoms with Crippen LogP contribution in [0.25, 0.3) is 0 Å². The number of carbonyl (C=O) groups is 1. The number of nitrogens with one attached hydrogen (secondary N) is 1. The SMILES string of the molecule is CN1CC[C@](C)(CNC(=O)c2ccccc2OCCc2ccccc2)C1. The number of rotatable bonds is 7. The third-order valence-corrected chi connectivity index (χ3v) is 5.05. The number of para-hydroxylation sites is 1. The first-order chi connectivity index (χ1) is 12.6. The zero-order valence-corrected chi connectivity index (χ0v) is 15.7. The van der Waals surface area contributed by atoms with Gasteiger partial charge in [-0.15, -0.1) is 0 Å². The van der Waals surface area contributed by atoms with Crippen LogP contribution in [0.4, 0.5) is 0 Å². The van der Waals surface area contributed by atoms with Crippen LogP contribution in [0.1, 0.15) is 29.3 Å². The molecular formula is C22H28N2O2. The molecule has 1 N–H and O–H groups in total. The van der Waals surface area contributed by atoms with Gasteiger partial charge in [0.05, 0.1) is 12.2 Å². The van der Waals surface area contributed by atoms with E-state index >= 15 is 0 Å². The summed E-state index contributed by atoms with van der Waals surface area (Å²) < 4.78 is 5.91. The summed E-state index contributed by atoms with van der Waals surface area (Å²) in [5.74, 6) is 0.589. The van der Waals surface area contributed by atoms with E-state index in [1.54, 1.807) is 0 Å². The van der Waals surface area contributed by atoms with Crippen molar-refractivity contribution >= 4 is 5.91 Å². The maximum atomic E-state index is 12.7. The lowest BCUT2D eigenvalue weighted by Crippen LogP contribution is -2.37. The summed E-state index contributed by atoms with van der Waals surface area (Å²) in [6, 6.07) is 17.7. The van der Waals surface area contributed by atoms with Crippen LogP contribution in [0.2, 0.25) is 0 Å². The minimum Gasteiger partial charge on any atom is -0.492 e. The number of carbonyl (C=O) groups excluding carboxylic acids is 1. The Morgan fingerprint density at radius 1 is 1.15 bits per heavy atom. The predicted molar refractivity (Wildman–Crippen MR) is 105 cm³/mol. The average molecular weight is 352 g/mol. The third kappa shape index (κ3) is 4.85. The molecule has 1 saturated heterocycles. The molecule has 1 aliphatic heterocycles. The molecule has 2 aromatic rings. The molecule has 1 atom stereocenters. The molecule has 0 aromatic heterocycles. The summed E-state index contributed by atoms with van der Waals surface area (Å²) in [4.78, 5) is 15.0. The van der Waals surface area contributed by atoms with Crippen molar-refractivity contribution in [3.05, 3.63) is 65.7 Å². The largest absolute Gasteiger partial charge is 0.492 e. The summed E-state index contributed by atoms with van der Waals surface area (Å²) in [7, 11) is 2.13. The highest BCUT2D eigenvalue weighted by molar-refractivity contribution is 5.96. The molecule has 0 spiro atoms. The third-order valence-electron chi connectivity index (χ3n) is 5.05. The van der Waals surface area contributed by atoms with Gasteiger partial charge in [-0.25, -0.2) is 0 Å². The van der Waals surface area contributed by atoms with Crippen LogP contribution in [0.3, 0.4) is 0 Å². The van der Waals surface area contributed by atoms with Crippen molar-refractivity contribution in [2.45, 2.75) is 19.8 Å². The minimum absolute atomic E-state index is 0.0592. The van der Waals surface area contributed by atoms with Crippen LogP contribution in [0.15, 0.2) is 54.6 Å². The molecule has 4 nitrogen and oxygen atoms in total. The van der Waals surface area contributed by atoms with Crippen LogP contribution in [-0.2, 0) is 6.42 Å². The molecule has 0 radical (unpaired) electrons. The summed E-state index contributed by atoms with van der Waals surface area (Å²) in [5, 5.41) is 3.10. The monoisotopic (exact) mass is 352 g/mol. The molecule has 0 unspecified atom stereocenters. The number of nitrogens with zero attached hydrogens (tertiary/aromatic N) is 1. The van der Waals surface area contributed by atoms with Gasteiger partial charge in [0.15, 0.2) is 0 Å². The maximum Gasteiger partial charge on any atom is 0.255 e. The maximum absolute atomic E-state index is 12.7. The van der Waals surface area contributed by atoms with Gasteiger partial charge in [0.1, 0.15) is 5.75 Å². The predicted octanol–water partition coefficient (Wildman–Crippen LogP) is 3.38. The number of hydrogen-bond donors (Lipinski definition) is 1. The van der Waals surface area contributed by atoms with Crippen molar-refractivity contribution in [1.29, 1.82) is 0 Å². The smallest absolute Gasteiger partial charge is 0.255 e. The molecule has 0 saturated carbocycles. The zero-order valence-electron chi connectivity index (χ0n) is 15.7. The van der Waals surface area contributed by atoms with Gasteiger partial charge in [-0.3, -0.25) is 4.79 Å². The second-order valence-corrected chi connectivity index (χ2v) is 7.56. The fourth-order valence-electron chi connectivity index (χ4n) is 3.51. The fourth-order valence-corrected chi connectivity index (χ4v) is 3.51. The summed E-state index contributed by atoms with van der Waals surface area (Å²) in [6.07, 6.45) is 1.93. The van der Waals surface area contributed by atoms with E-state index in [1.807, 2.05) is 42.5 Å². The molecule has 0 aliphatic carbocycles. The topological polar surface area (TPSA) is 41.6 Å². The first-order valence-corrected chi connectivity index (χ1v) is 9.28. The number of benzene rings is 2. The molecular weight excluding hydrogens is 324 g/mol. The van der Waals surface area contributed by atoms with Crippen molar-refractivity contribution in [2.75, 3.05) is 33.3 Å². The van der Waals surface area contributed by atoms with E-state index in [4.69, 9.17) is 4.74 Å². The quantitative estimate of drug-likeness (QED) is 0.831. The molecule has 1 aliphatic rings. The van der Waals surface area contributed by atoms with Crippen LogP contribution in [0, 0.1) is 5.41 Å². The first kappa shape index (κ1) is 18.5. The number of amides is 1. The molecule has 1 amide bonds. The zero-order chi connectivity index (χ0) is 18.4. The van der Waals surface area contributed by atoms with E-state index in [0.717, 1.165) is 25.9 Å². The van der Waals surface area contributed by atoms with Gasteiger partial charge in [-0.1, -0.05) is 49.4 Å². The summed E-state index contributed by atoms with van der Waals surface area (Å²) in [6.45, 7) is 5.58. The Labute approximate surface area is 156 Å². The van der Waals surface area contributed by atoms with E-state index < -0.39 is 0 Å². The molecule has 138 valence electrons. The van der Waals surface area contributed by atoms with Crippen LogP contribution in [0.5, 0.6) is 5.75 Å². The average Bonchev–Trinajstić information content (AvgIpc) is 3.00. The van der Waals surface area contributed by atoms with Gasteiger partial charge in [0.25, 0.3) is 5.91 Å². The molecule has 4 heteroatoms. The number of hydrogen-bond acceptors (Lipinski definition) is 3. The number of ether oxygens (including phenoxy) is 1. The second-order valence-electron chi connectivity index (χ2n) is 7.56. The standard InChI is InChI=1S/C22H28N2O2/c1-22(13-14-24(2)17-22)16-23-21(25)19-10-6-7-11-20(19)26-15-12-18-8-4-3-5-9-18/h3-11H,12-17H2,1-2H3,(H,23,25)/t22-/m1/s1.